The lowest BCUT2D eigenvalue weighted by Gasteiger charge is -2.13. The van der Waals surface area contributed by atoms with E-state index in [1.807, 2.05) is 6.92 Å². The fourth-order valence-corrected chi connectivity index (χ4v) is 1.78. The highest BCUT2D eigenvalue weighted by Gasteiger charge is 2.08. The first kappa shape index (κ1) is 14.1. The lowest BCUT2D eigenvalue weighted by molar-refractivity contribution is 0.575. The second kappa shape index (κ2) is 6.23. The van der Waals surface area contributed by atoms with Gasteiger partial charge in [0.1, 0.15) is 18.0 Å². The van der Waals surface area contributed by atoms with Crippen molar-refractivity contribution in [3.05, 3.63) is 41.7 Å². The minimum Gasteiger partial charge on any atom is -0.368 e. The highest BCUT2D eigenvalue weighted by atomic mass is 19.1. The van der Waals surface area contributed by atoms with E-state index in [9.17, 15) is 8.78 Å². The molecule has 20 heavy (non-hydrogen) atoms. The van der Waals surface area contributed by atoms with Crippen molar-refractivity contribution in [1.29, 1.82) is 0 Å². The van der Waals surface area contributed by atoms with Gasteiger partial charge in [0.2, 0.25) is 11.9 Å². The van der Waals surface area contributed by atoms with Crippen LogP contribution >= 0.6 is 0 Å². The van der Waals surface area contributed by atoms with E-state index in [1.54, 1.807) is 0 Å². The largest absolute Gasteiger partial charge is 0.368 e. The van der Waals surface area contributed by atoms with Gasteiger partial charge in [-0.3, -0.25) is 0 Å². The number of rotatable bonds is 5. The van der Waals surface area contributed by atoms with Crippen molar-refractivity contribution < 1.29 is 8.78 Å². The highest BCUT2D eigenvalue weighted by Crippen LogP contribution is 2.13. The molecule has 1 heterocycles. The summed E-state index contributed by atoms with van der Waals surface area (Å²) in [5, 5.41) is 3.03. The van der Waals surface area contributed by atoms with Crippen molar-refractivity contribution >= 4 is 11.9 Å². The van der Waals surface area contributed by atoms with Crippen LogP contribution in [0.1, 0.15) is 18.9 Å². The molecule has 2 aromatic rings. The molecule has 1 aromatic carbocycles. The predicted molar refractivity (Wildman–Crippen MR) is 72.0 cm³/mol. The molecular weight excluding hydrogens is 264 g/mol. The summed E-state index contributed by atoms with van der Waals surface area (Å²) in [5.41, 5.74) is 5.80. The second-order valence-corrected chi connectivity index (χ2v) is 4.49. The van der Waals surface area contributed by atoms with E-state index >= 15 is 0 Å². The third-order valence-electron chi connectivity index (χ3n) is 2.82. The first-order valence-corrected chi connectivity index (χ1v) is 6.19. The molecular formula is C13H15F2N5. The van der Waals surface area contributed by atoms with Crippen LogP contribution in [0.3, 0.4) is 0 Å². The Hall–Kier alpha value is -2.31. The molecule has 0 saturated carbocycles. The fraction of sp³-hybridized carbons (Fsp3) is 0.308. The molecule has 0 amide bonds. The van der Waals surface area contributed by atoms with E-state index in [4.69, 9.17) is 5.73 Å². The number of hydrogen-bond donors (Lipinski definition) is 2. The fourth-order valence-electron chi connectivity index (χ4n) is 1.78. The van der Waals surface area contributed by atoms with Crippen LogP contribution in [0, 0.1) is 11.6 Å². The van der Waals surface area contributed by atoms with Crippen LogP contribution in [-0.2, 0) is 6.42 Å². The molecule has 1 aromatic heterocycles. The Morgan fingerprint density at radius 3 is 2.85 bits per heavy atom. The summed E-state index contributed by atoms with van der Waals surface area (Å²) < 4.78 is 26.5. The van der Waals surface area contributed by atoms with E-state index in [2.05, 4.69) is 20.3 Å². The van der Waals surface area contributed by atoms with Gasteiger partial charge in [0.25, 0.3) is 0 Å². The topological polar surface area (TPSA) is 76.7 Å². The lowest BCUT2D eigenvalue weighted by Crippen LogP contribution is -2.18. The molecule has 7 heteroatoms. The Kier molecular flexibility index (Phi) is 4.39. The van der Waals surface area contributed by atoms with Crippen LogP contribution < -0.4 is 11.1 Å². The molecule has 0 aliphatic heterocycles. The molecule has 0 fully saturated rings. The molecule has 0 spiro atoms. The molecule has 0 bridgehead atoms. The van der Waals surface area contributed by atoms with Gasteiger partial charge in [-0.1, -0.05) is 0 Å². The van der Waals surface area contributed by atoms with Crippen LogP contribution in [0.15, 0.2) is 24.5 Å². The van der Waals surface area contributed by atoms with Gasteiger partial charge in [0, 0.05) is 6.04 Å². The Bertz CT molecular complexity index is 591. The number of nitrogen functional groups attached to an aromatic ring is 1. The zero-order valence-electron chi connectivity index (χ0n) is 11.0. The monoisotopic (exact) mass is 279 g/mol. The number of hydrogen-bond acceptors (Lipinski definition) is 5. The third kappa shape index (κ3) is 3.84. The number of benzene rings is 1. The number of anilines is 2. The number of aromatic nitrogens is 3. The molecule has 1 atom stereocenters. The first-order valence-electron chi connectivity index (χ1n) is 6.19. The smallest absolute Gasteiger partial charge is 0.227 e. The number of halogens is 2. The molecule has 3 N–H and O–H groups in total. The van der Waals surface area contributed by atoms with Crippen molar-refractivity contribution in [2.75, 3.05) is 11.1 Å². The maximum absolute atomic E-state index is 13.5. The third-order valence-corrected chi connectivity index (χ3v) is 2.82. The Morgan fingerprint density at radius 2 is 2.10 bits per heavy atom. The van der Waals surface area contributed by atoms with Crippen LogP contribution in [0.2, 0.25) is 0 Å². The van der Waals surface area contributed by atoms with Gasteiger partial charge in [-0.15, -0.1) is 0 Å². The van der Waals surface area contributed by atoms with Gasteiger partial charge in [0.15, 0.2) is 0 Å². The zero-order chi connectivity index (χ0) is 14.5. The normalized spacial score (nSPS) is 12.2. The van der Waals surface area contributed by atoms with Crippen LogP contribution in [0.25, 0.3) is 0 Å². The summed E-state index contributed by atoms with van der Waals surface area (Å²) in [4.78, 5) is 11.5. The molecule has 0 saturated heterocycles. The van der Waals surface area contributed by atoms with E-state index in [-0.39, 0.29) is 12.0 Å². The average Bonchev–Trinajstić information content (AvgIpc) is 2.40. The number of aryl methyl sites for hydroxylation is 1. The maximum Gasteiger partial charge on any atom is 0.227 e. The van der Waals surface area contributed by atoms with Crippen molar-refractivity contribution in [2.45, 2.75) is 25.8 Å². The number of nitrogens with one attached hydrogen (secondary N) is 1. The first-order chi connectivity index (χ1) is 9.54. The predicted octanol–water partition coefficient (Wildman–Crippen LogP) is 2.17. The number of nitrogens with zero attached hydrogens (tertiary/aromatic N) is 3. The van der Waals surface area contributed by atoms with Gasteiger partial charge in [-0.2, -0.15) is 4.98 Å². The zero-order valence-corrected chi connectivity index (χ0v) is 11.0. The maximum atomic E-state index is 13.5. The summed E-state index contributed by atoms with van der Waals surface area (Å²) in [6, 6.07) is 3.44. The molecule has 2 rings (SSSR count). The van der Waals surface area contributed by atoms with Gasteiger partial charge in [0.05, 0.1) is 0 Å². The molecule has 1 unspecified atom stereocenters. The summed E-state index contributed by atoms with van der Waals surface area (Å²) in [6.07, 6.45) is 2.33. The van der Waals surface area contributed by atoms with E-state index in [1.165, 1.54) is 12.4 Å². The van der Waals surface area contributed by atoms with Crippen LogP contribution in [0.4, 0.5) is 20.7 Å². The highest BCUT2D eigenvalue weighted by molar-refractivity contribution is 5.30. The molecule has 0 radical (unpaired) electrons. The van der Waals surface area contributed by atoms with Gasteiger partial charge >= 0.3 is 0 Å². The quantitative estimate of drug-likeness (QED) is 0.877. The van der Waals surface area contributed by atoms with E-state index < -0.39 is 11.6 Å². The average molecular weight is 279 g/mol. The van der Waals surface area contributed by atoms with E-state index in [0.29, 0.717) is 24.4 Å². The van der Waals surface area contributed by atoms with Crippen molar-refractivity contribution in [3.8, 4) is 0 Å². The van der Waals surface area contributed by atoms with Crippen molar-refractivity contribution in [1.82, 2.24) is 15.0 Å². The molecule has 0 aliphatic rings. The molecule has 0 aliphatic carbocycles. The SMILES string of the molecule is CC(CCc1cc(F)ccc1F)Nc1ncnc(N)n1. The van der Waals surface area contributed by atoms with E-state index in [0.717, 1.165) is 12.1 Å². The summed E-state index contributed by atoms with van der Waals surface area (Å²) >= 11 is 0. The van der Waals surface area contributed by atoms with Gasteiger partial charge in [-0.05, 0) is 43.5 Å². The summed E-state index contributed by atoms with van der Waals surface area (Å²) in [5.74, 6) is -0.342. The number of nitrogens with two attached hydrogens (primary N) is 1. The molecule has 106 valence electrons. The van der Waals surface area contributed by atoms with Gasteiger partial charge in [-0.25, -0.2) is 18.7 Å². The lowest BCUT2D eigenvalue weighted by atomic mass is 10.1. The van der Waals surface area contributed by atoms with Crippen molar-refractivity contribution in [3.63, 3.8) is 0 Å². The van der Waals surface area contributed by atoms with Crippen LogP contribution in [-0.4, -0.2) is 21.0 Å². The Balaban J connectivity index is 1.92. The van der Waals surface area contributed by atoms with Gasteiger partial charge < -0.3 is 11.1 Å². The Morgan fingerprint density at radius 1 is 1.30 bits per heavy atom. The van der Waals surface area contributed by atoms with Crippen LogP contribution in [0.5, 0.6) is 0 Å². The second-order valence-electron chi connectivity index (χ2n) is 4.49. The standard InChI is InChI=1S/C13H15F2N5/c1-8(19-13-18-7-17-12(16)20-13)2-3-9-6-10(14)4-5-11(9)15/h4-8H,2-3H2,1H3,(H3,16,17,18,19,20). The summed E-state index contributed by atoms with van der Waals surface area (Å²) in [6.45, 7) is 1.90. The minimum atomic E-state index is -0.438. The van der Waals surface area contributed by atoms with Crippen molar-refractivity contribution in [2.24, 2.45) is 0 Å². The Labute approximate surface area is 115 Å². The molecule has 5 nitrogen and oxygen atoms in total. The summed E-state index contributed by atoms with van der Waals surface area (Å²) in [7, 11) is 0. The minimum absolute atomic E-state index is 0.0144.